The summed E-state index contributed by atoms with van der Waals surface area (Å²) in [5.41, 5.74) is 0. The second-order valence-electron chi connectivity index (χ2n) is 5.40. The summed E-state index contributed by atoms with van der Waals surface area (Å²) in [7, 11) is 0. The second-order valence-corrected chi connectivity index (χ2v) is 5.40. The monoisotopic (exact) mass is 196 g/mol. The summed E-state index contributed by atoms with van der Waals surface area (Å²) in [5.74, 6) is 1.93. The van der Waals surface area contributed by atoms with Crippen molar-refractivity contribution in [2.75, 3.05) is 0 Å². The van der Waals surface area contributed by atoms with Gasteiger partial charge in [0, 0.05) is 0 Å². The van der Waals surface area contributed by atoms with E-state index < -0.39 is 0 Å². The van der Waals surface area contributed by atoms with Crippen molar-refractivity contribution in [2.45, 2.75) is 70.3 Å². The van der Waals surface area contributed by atoms with Crippen LogP contribution >= 0.6 is 0 Å². The summed E-state index contributed by atoms with van der Waals surface area (Å²) in [6.45, 7) is 0. The van der Waals surface area contributed by atoms with Gasteiger partial charge in [0.1, 0.15) is 0 Å². The van der Waals surface area contributed by atoms with Gasteiger partial charge in [-0.3, -0.25) is 0 Å². The summed E-state index contributed by atoms with van der Waals surface area (Å²) < 4.78 is 0. The first-order valence-corrected chi connectivity index (χ1v) is 6.52. The Morgan fingerprint density at radius 1 is 0.857 bits per heavy atom. The average Bonchev–Trinajstić information content (AvgIpc) is 2.87. The number of rotatable bonds is 6. The zero-order valence-electron chi connectivity index (χ0n) is 9.25. The molecule has 0 aliphatic heterocycles. The van der Waals surface area contributed by atoms with Gasteiger partial charge < -0.3 is 5.11 Å². The van der Waals surface area contributed by atoms with Gasteiger partial charge in [-0.2, -0.15) is 0 Å². The van der Waals surface area contributed by atoms with Crippen LogP contribution < -0.4 is 0 Å². The first kappa shape index (κ1) is 10.5. The standard InChI is InChI=1S/C13H24O/c14-13(10-8-12-5-6-12)9-7-11-3-1-2-4-11/h11-14H,1-10H2. The molecule has 82 valence electrons. The normalized spacial score (nSPS) is 25.5. The van der Waals surface area contributed by atoms with Gasteiger partial charge in [-0.15, -0.1) is 0 Å². The Hall–Kier alpha value is -0.0400. The van der Waals surface area contributed by atoms with E-state index in [0.717, 1.165) is 24.7 Å². The molecule has 0 radical (unpaired) electrons. The molecule has 2 fully saturated rings. The number of hydrogen-bond donors (Lipinski definition) is 1. The molecule has 1 atom stereocenters. The Kier molecular flexibility index (Phi) is 3.86. The quantitative estimate of drug-likeness (QED) is 0.689. The van der Waals surface area contributed by atoms with E-state index in [9.17, 15) is 5.11 Å². The van der Waals surface area contributed by atoms with Crippen LogP contribution in [0.1, 0.15) is 64.2 Å². The van der Waals surface area contributed by atoms with Crippen LogP contribution in [-0.2, 0) is 0 Å². The van der Waals surface area contributed by atoms with Gasteiger partial charge in [-0.25, -0.2) is 0 Å². The van der Waals surface area contributed by atoms with E-state index in [-0.39, 0.29) is 6.10 Å². The third-order valence-corrected chi connectivity index (χ3v) is 3.99. The van der Waals surface area contributed by atoms with E-state index in [2.05, 4.69) is 0 Å². The van der Waals surface area contributed by atoms with E-state index >= 15 is 0 Å². The predicted molar refractivity (Wildman–Crippen MR) is 59.2 cm³/mol. The molecule has 2 saturated carbocycles. The van der Waals surface area contributed by atoms with Gasteiger partial charge in [-0.05, 0) is 37.5 Å². The van der Waals surface area contributed by atoms with Crippen molar-refractivity contribution < 1.29 is 5.11 Å². The molecule has 0 aromatic heterocycles. The van der Waals surface area contributed by atoms with Crippen molar-refractivity contribution in [3.63, 3.8) is 0 Å². The van der Waals surface area contributed by atoms with Crippen molar-refractivity contribution in [3.8, 4) is 0 Å². The van der Waals surface area contributed by atoms with Crippen LogP contribution in [0.4, 0.5) is 0 Å². The van der Waals surface area contributed by atoms with Gasteiger partial charge in [0.05, 0.1) is 6.10 Å². The molecule has 0 saturated heterocycles. The summed E-state index contributed by atoms with van der Waals surface area (Å²) in [6, 6.07) is 0. The Morgan fingerprint density at radius 3 is 1.86 bits per heavy atom. The molecule has 1 nitrogen and oxygen atoms in total. The van der Waals surface area contributed by atoms with Crippen LogP contribution in [0, 0.1) is 11.8 Å². The maximum atomic E-state index is 9.79. The van der Waals surface area contributed by atoms with Gasteiger partial charge >= 0.3 is 0 Å². The average molecular weight is 196 g/mol. The Balaban J connectivity index is 1.50. The van der Waals surface area contributed by atoms with Crippen LogP contribution in [0.2, 0.25) is 0 Å². The van der Waals surface area contributed by atoms with Gasteiger partial charge in [0.15, 0.2) is 0 Å². The third kappa shape index (κ3) is 3.61. The van der Waals surface area contributed by atoms with E-state index in [1.54, 1.807) is 0 Å². The van der Waals surface area contributed by atoms with E-state index in [1.807, 2.05) is 0 Å². The molecule has 1 N–H and O–H groups in total. The first-order valence-electron chi connectivity index (χ1n) is 6.52. The highest BCUT2D eigenvalue weighted by Crippen LogP contribution is 2.35. The fourth-order valence-electron chi connectivity index (χ4n) is 2.71. The highest BCUT2D eigenvalue weighted by atomic mass is 16.3. The molecule has 0 aromatic rings. The van der Waals surface area contributed by atoms with Crippen LogP contribution in [0.5, 0.6) is 0 Å². The molecule has 0 spiro atoms. The molecule has 0 amide bonds. The lowest BCUT2D eigenvalue weighted by atomic mass is 9.97. The van der Waals surface area contributed by atoms with Crippen LogP contribution in [0.25, 0.3) is 0 Å². The lowest BCUT2D eigenvalue weighted by Crippen LogP contribution is -2.08. The minimum atomic E-state index is 0.0104. The highest BCUT2D eigenvalue weighted by Gasteiger charge is 2.22. The Bertz CT molecular complexity index is 157. The molecule has 2 aliphatic rings. The number of hydrogen-bond acceptors (Lipinski definition) is 1. The zero-order chi connectivity index (χ0) is 9.80. The molecular formula is C13H24O. The molecule has 0 heterocycles. The van der Waals surface area contributed by atoms with Crippen molar-refractivity contribution >= 4 is 0 Å². The molecule has 0 bridgehead atoms. The topological polar surface area (TPSA) is 20.2 Å². The number of aliphatic hydroxyl groups excluding tert-OH is 1. The SMILES string of the molecule is OC(CCC1CCCC1)CCC1CC1. The van der Waals surface area contributed by atoms with Crippen LogP contribution in [0.3, 0.4) is 0 Å². The first-order chi connectivity index (χ1) is 6.84. The molecule has 2 aliphatic carbocycles. The van der Waals surface area contributed by atoms with Crippen molar-refractivity contribution in [1.82, 2.24) is 0 Å². The van der Waals surface area contributed by atoms with Gasteiger partial charge in [-0.1, -0.05) is 38.5 Å². The summed E-state index contributed by atoms with van der Waals surface area (Å²) in [4.78, 5) is 0. The summed E-state index contributed by atoms with van der Waals surface area (Å²) in [6.07, 6.45) is 13.3. The summed E-state index contributed by atoms with van der Waals surface area (Å²) >= 11 is 0. The van der Waals surface area contributed by atoms with Crippen LogP contribution in [-0.4, -0.2) is 11.2 Å². The summed E-state index contributed by atoms with van der Waals surface area (Å²) in [5, 5.41) is 9.79. The third-order valence-electron chi connectivity index (χ3n) is 3.99. The minimum absolute atomic E-state index is 0.0104. The molecule has 0 aromatic carbocycles. The van der Waals surface area contributed by atoms with Gasteiger partial charge in [0.25, 0.3) is 0 Å². The van der Waals surface area contributed by atoms with E-state index in [0.29, 0.717) is 0 Å². The zero-order valence-corrected chi connectivity index (χ0v) is 9.25. The molecule has 1 heteroatoms. The van der Waals surface area contributed by atoms with E-state index in [1.165, 1.54) is 51.4 Å². The maximum Gasteiger partial charge on any atom is 0.0540 e. The van der Waals surface area contributed by atoms with Gasteiger partial charge in [0.2, 0.25) is 0 Å². The molecule has 2 rings (SSSR count). The second kappa shape index (κ2) is 5.16. The molecule has 14 heavy (non-hydrogen) atoms. The van der Waals surface area contributed by atoms with Crippen molar-refractivity contribution in [2.24, 2.45) is 11.8 Å². The number of aliphatic hydroxyl groups is 1. The Morgan fingerprint density at radius 2 is 1.36 bits per heavy atom. The van der Waals surface area contributed by atoms with Crippen molar-refractivity contribution in [1.29, 1.82) is 0 Å². The smallest absolute Gasteiger partial charge is 0.0540 e. The fourth-order valence-corrected chi connectivity index (χ4v) is 2.71. The fraction of sp³-hybridized carbons (Fsp3) is 1.00. The lowest BCUT2D eigenvalue weighted by Gasteiger charge is -2.13. The Labute approximate surface area is 87.9 Å². The molecular weight excluding hydrogens is 172 g/mol. The lowest BCUT2D eigenvalue weighted by molar-refractivity contribution is 0.140. The minimum Gasteiger partial charge on any atom is -0.393 e. The maximum absolute atomic E-state index is 9.79. The molecule has 1 unspecified atom stereocenters. The highest BCUT2D eigenvalue weighted by molar-refractivity contribution is 4.75. The van der Waals surface area contributed by atoms with Crippen LogP contribution in [0.15, 0.2) is 0 Å². The predicted octanol–water partition coefficient (Wildman–Crippen LogP) is 3.51. The van der Waals surface area contributed by atoms with Crippen molar-refractivity contribution in [3.05, 3.63) is 0 Å². The largest absolute Gasteiger partial charge is 0.393 e. The van der Waals surface area contributed by atoms with E-state index in [4.69, 9.17) is 0 Å².